The van der Waals surface area contributed by atoms with E-state index in [4.69, 9.17) is 4.74 Å². The number of Topliss-reactive ketones (excluding diaryl/α,β-unsaturated/α-hetero) is 1. The highest BCUT2D eigenvalue weighted by atomic mass is 16.5. The zero-order valence-corrected chi connectivity index (χ0v) is 13.9. The van der Waals surface area contributed by atoms with Crippen LogP contribution in [0.15, 0.2) is 36.4 Å². The highest BCUT2D eigenvalue weighted by Gasteiger charge is 2.08. The highest BCUT2D eigenvalue weighted by Crippen LogP contribution is 2.23. The Morgan fingerprint density at radius 1 is 1.04 bits per heavy atom. The van der Waals surface area contributed by atoms with Crippen LogP contribution in [0.2, 0.25) is 0 Å². The maximum absolute atomic E-state index is 12.0. The van der Waals surface area contributed by atoms with Crippen LogP contribution in [-0.2, 0) is 4.79 Å². The fourth-order valence-electron chi connectivity index (χ4n) is 2.28. The van der Waals surface area contributed by atoms with Crippen LogP contribution in [0.25, 0.3) is 0 Å². The van der Waals surface area contributed by atoms with Crippen molar-refractivity contribution in [3.8, 4) is 5.75 Å². The van der Waals surface area contributed by atoms with Crippen molar-refractivity contribution in [2.75, 3.05) is 11.9 Å². The van der Waals surface area contributed by atoms with E-state index in [-0.39, 0.29) is 18.3 Å². The van der Waals surface area contributed by atoms with E-state index in [1.165, 1.54) is 6.92 Å². The number of benzene rings is 2. The molecule has 0 unspecified atom stereocenters. The third kappa shape index (κ3) is 4.42. The summed E-state index contributed by atoms with van der Waals surface area (Å²) < 4.78 is 5.63. The molecule has 0 fully saturated rings. The SMILES string of the molecule is CC(=O)c1ccc(NC(=O)COc2cc(C)cc(C)c2C)cc1. The van der Waals surface area contributed by atoms with Gasteiger partial charge in [0.05, 0.1) is 0 Å². The molecule has 0 saturated carbocycles. The second kappa shape index (κ2) is 7.09. The largest absolute Gasteiger partial charge is 0.483 e. The van der Waals surface area contributed by atoms with Crippen LogP contribution in [0.1, 0.15) is 34.0 Å². The zero-order valence-electron chi connectivity index (χ0n) is 13.9. The van der Waals surface area contributed by atoms with E-state index in [2.05, 4.69) is 11.4 Å². The molecule has 0 bridgehead atoms. The molecule has 1 amide bonds. The van der Waals surface area contributed by atoms with Gasteiger partial charge in [-0.1, -0.05) is 6.07 Å². The van der Waals surface area contributed by atoms with E-state index in [9.17, 15) is 9.59 Å². The molecule has 0 aliphatic heterocycles. The maximum Gasteiger partial charge on any atom is 0.262 e. The summed E-state index contributed by atoms with van der Waals surface area (Å²) in [5.74, 6) is 0.486. The molecule has 4 heteroatoms. The fraction of sp³-hybridized carbons (Fsp3) is 0.263. The standard InChI is InChI=1S/C19H21NO3/c1-12-9-13(2)14(3)18(10-12)23-11-19(22)20-17-7-5-16(6-8-17)15(4)21/h5-10H,11H2,1-4H3,(H,20,22). The van der Waals surface area contributed by atoms with Gasteiger partial charge in [0.2, 0.25) is 0 Å². The lowest BCUT2D eigenvalue weighted by atomic mass is 10.1. The topological polar surface area (TPSA) is 55.4 Å². The number of aryl methyl sites for hydroxylation is 2. The minimum absolute atomic E-state index is 0.00324. The first kappa shape index (κ1) is 16.7. The number of carbonyl (C=O) groups excluding carboxylic acids is 2. The molecule has 2 aromatic rings. The molecule has 120 valence electrons. The predicted molar refractivity (Wildman–Crippen MR) is 91.2 cm³/mol. The van der Waals surface area contributed by atoms with Crippen LogP contribution >= 0.6 is 0 Å². The Bertz CT molecular complexity index is 733. The molecular weight excluding hydrogens is 290 g/mol. The summed E-state index contributed by atoms with van der Waals surface area (Å²) in [6, 6.07) is 10.8. The maximum atomic E-state index is 12.0. The Balaban J connectivity index is 1.96. The van der Waals surface area contributed by atoms with Crippen molar-refractivity contribution in [2.45, 2.75) is 27.7 Å². The van der Waals surface area contributed by atoms with Crippen molar-refractivity contribution in [2.24, 2.45) is 0 Å². The number of ether oxygens (including phenoxy) is 1. The lowest BCUT2D eigenvalue weighted by molar-refractivity contribution is -0.118. The molecule has 0 heterocycles. The number of hydrogen-bond donors (Lipinski definition) is 1. The van der Waals surface area contributed by atoms with Crippen molar-refractivity contribution >= 4 is 17.4 Å². The van der Waals surface area contributed by atoms with Crippen molar-refractivity contribution in [1.82, 2.24) is 0 Å². The summed E-state index contributed by atoms with van der Waals surface area (Å²) in [4.78, 5) is 23.2. The third-order valence-corrected chi connectivity index (χ3v) is 3.70. The van der Waals surface area contributed by atoms with Gasteiger partial charge in [-0.3, -0.25) is 9.59 Å². The normalized spacial score (nSPS) is 10.3. The Morgan fingerprint density at radius 2 is 1.70 bits per heavy atom. The molecule has 0 aliphatic rings. The van der Waals surface area contributed by atoms with Crippen LogP contribution in [-0.4, -0.2) is 18.3 Å². The smallest absolute Gasteiger partial charge is 0.262 e. The zero-order chi connectivity index (χ0) is 17.0. The van der Waals surface area contributed by atoms with Crippen molar-refractivity contribution in [3.05, 3.63) is 58.7 Å². The molecule has 1 N–H and O–H groups in total. The second-order valence-electron chi connectivity index (χ2n) is 5.68. The summed E-state index contributed by atoms with van der Waals surface area (Å²) in [6.07, 6.45) is 0. The van der Waals surface area contributed by atoms with Crippen LogP contribution in [0, 0.1) is 20.8 Å². The van der Waals surface area contributed by atoms with Gasteiger partial charge in [-0.15, -0.1) is 0 Å². The number of rotatable bonds is 5. The van der Waals surface area contributed by atoms with E-state index < -0.39 is 0 Å². The molecule has 0 atom stereocenters. The van der Waals surface area contributed by atoms with Gasteiger partial charge in [0, 0.05) is 11.3 Å². The Labute approximate surface area is 136 Å². The highest BCUT2D eigenvalue weighted by molar-refractivity contribution is 5.95. The van der Waals surface area contributed by atoms with Gasteiger partial charge in [-0.2, -0.15) is 0 Å². The van der Waals surface area contributed by atoms with Gasteiger partial charge in [0.1, 0.15) is 5.75 Å². The third-order valence-electron chi connectivity index (χ3n) is 3.70. The van der Waals surface area contributed by atoms with E-state index in [0.29, 0.717) is 11.3 Å². The predicted octanol–water partition coefficient (Wildman–Crippen LogP) is 3.83. The van der Waals surface area contributed by atoms with Gasteiger partial charge in [-0.25, -0.2) is 0 Å². The van der Waals surface area contributed by atoms with Crippen LogP contribution in [0.5, 0.6) is 5.75 Å². The molecule has 0 saturated heterocycles. The van der Waals surface area contributed by atoms with Crippen molar-refractivity contribution in [3.63, 3.8) is 0 Å². The average Bonchev–Trinajstić information content (AvgIpc) is 2.50. The molecular formula is C19H21NO3. The molecule has 23 heavy (non-hydrogen) atoms. The lowest BCUT2D eigenvalue weighted by Gasteiger charge is -2.12. The number of carbonyl (C=O) groups is 2. The van der Waals surface area contributed by atoms with E-state index in [0.717, 1.165) is 22.4 Å². The first-order chi connectivity index (χ1) is 10.9. The molecule has 2 rings (SSSR count). The van der Waals surface area contributed by atoms with Crippen LogP contribution < -0.4 is 10.1 Å². The van der Waals surface area contributed by atoms with E-state index in [1.807, 2.05) is 26.8 Å². The molecule has 4 nitrogen and oxygen atoms in total. The van der Waals surface area contributed by atoms with Crippen LogP contribution in [0.3, 0.4) is 0 Å². The van der Waals surface area contributed by atoms with Crippen LogP contribution in [0.4, 0.5) is 5.69 Å². The molecule has 0 aromatic heterocycles. The molecule has 0 radical (unpaired) electrons. The van der Waals surface area contributed by atoms with Crippen molar-refractivity contribution in [1.29, 1.82) is 0 Å². The van der Waals surface area contributed by atoms with E-state index >= 15 is 0 Å². The first-order valence-corrected chi connectivity index (χ1v) is 7.48. The van der Waals surface area contributed by atoms with Gasteiger partial charge in [-0.05, 0) is 74.7 Å². The molecule has 0 spiro atoms. The monoisotopic (exact) mass is 311 g/mol. The van der Waals surface area contributed by atoms with E-state index in [1.54, 1.807) is 24.3 Å². The quantitative estimate of drug-likeness (QED) is 0.854. The van der Waals surface area contributed by atoms with Crippen molar-refractivity contribution < 1.29 is 14.3 Å². The Morgan fingerprint density at radius 3 is 2.30 bits per heavy atom. The summed E-state index contributed by atoms with van der Waals surface area (Å²) in [5.41, 5.74) is 4.53. The number of amides is 1. The Kier molecular flexibility index (Phi) is 5.16. The summed E-state index contributed by atoms with van der Waals surface area (Å²) in [5, 5.41) is 2.75. The van der Waals surface area contributed by atoms with Gasteiger partial charge in [0.15, 0.2) is 12.4 Å². The lowest BCUT2D eigenvalue weighted by Crippen LogP contribution is -2.20. The van der Waals surface area contributed by atoms with Gasteiger partial charge < -0.3 is 10.1 Å². The summed E-state index contributed by atoms with van der Waals surface area (Å²) in [7, 11) is 0. The second-order valence-corrected chi connectivity index (χ2v) is 5.68. The molecule has 2 aromatic carbocycles. The summed E-state index contributed by atoms with van der Waals surface area (Å²) in [6.45, 7) is 7.44. The fourth-order valence-corrected chi connectivity index (χ4v) is 2.28. The Hall–Kier alpha value is -2.62. The average molecular weight is 311 g/mol. The number of ketones is 1. The minimum atomic E-state index is -0.237. The number of hydrogen-bond acceptors (Lipinski definition) is 3. The van der Waals surface area contributed by atoms with Gasteiger partial charge in [0.25, 0.3) is 5.91 Å². The molecule has 0 aliphatic carbocycles. The van der Waals surface area contributed by atoms with Gasteiger partial charge >= 0.3 is 0 Å². The summed E-state index contributed by atoms with van der Waals surface area (Å²) >= 11 is 0. The number of anilines is 1. The number of nitrogens with one attached hydrogen (secondary N) is 1. The minimum Gasteiger partial charge on any atom is -0.483 e. The first-order valence-electron chi connectivity index (χ1n) is 7.48.